The molecule has 4 aromatic rings. The van der Waals surface area contributed by atoms with Crippen molar-refractivity contribution >= 4 is 40.7 Å². The Bertz CT molecular complexity index is 1250. The zero-order valence-corrected chi connectivity index (χ0v) is 17.9. The summed E-state index contributed by atoms with van der Waals surface area (Å²) in [5.74, 6) is -0.297. The van der Waals surface area contributed by atoms with Gasteiger partial charge in [0.25, 0.3) is 0 Å². The molecule has 2 heterocycles. The minimum Gasteiger partial charge on any atom is -0.351 e. The second-order valence-electron chi connectivity index (χ2n) is 6.99. The monoisotopic (exact) mass is 443 g/mol. The van der Waals surface area contributed by atoms with Crippen LogP contribution in [-0.2, 0) is 11.3 Å². The van der Waals surface area contributed by atoms with E-state index in [1.54, 1.807) is 41.7 Å². The van der Waals surface area contributed by atoms with Crippen LogP contribution in [-0.4, -0.2) is 21.7 Å². The second kappa shape index (κ2) is 9.76. The Kier molecular flexibility index (Phi) is 6.43. The number of nitrogens with two attached hydrogens (primary N) is 1. The van der Waals surface area contributed by atoms with E-state index in [0.717, 1.165) is 21.7 Å². The summed E-state index contributed by atoms with van der Waals surface area (Å²) in [6.45, 7) is 0.638. The number of thiophene rings is 1. The number of amides is 3. The average molecular weight is 444 g/mol. The zero-order valence-electron chi connectivity index (χ0n) is 17.1. The van der Waals surface area contributed by atoms with Crippen LogP contribution in [0.2, 0.25) is 0 Å². The lowest BCUT2D eigenvalue weighted by molar-refractivity contribution is -0.111. The Labute approximate surface area is 189 Å². The van der Waals surface area contributed by atoms with Gasteiger partial charge in [0, 0.05) is 29.2 Å². The number of carbonyl (C=O) groups is 2. The Morgan fingerprint density at radius 2 is 1.78 bits per heavy atom. The first-order valence-electron chi connectivity index (χ1n) is 9.88. The van der Waals surface area contributed by atoms with E-state index < -0.39 is 6.03 Å². The summed E-state index contributed by atoms with van der Waals surface area (Å²) in [6.07, 6.45) is 5.16. The molecule has 4 N–H and O–H groups in total. The van der Waals surface area contributed by atoms with E-state index in [4.69, 9.17) is 10.8 Å². The molecule has 0 bridgehead atoms. The first kappa shape index (κ1) is 21.1. The van der Waals surface area contributed by atoms with Crippen LogP contribution in [0, 0.1) is 0 Å². The van der Waals surface area contributed by atoms with Gasteiger partial charge in [0.05, 0.1) is 11.4 Å². The Morgan fingerprint density at radius 3 is 2.50 bits per heavy atom. The van der Waals surface area contributed by atoms with Gasteiger partial charge in [-0.1, -0.05) is 42.5 Å². The number of aromatic nitrogens is 2. The van der Waals surface area contributed by atoms with Gasteiger partial charge in [-0.05, 0) is 41.3 Å². The maximum absolute atomic E-state index is 12.5. The molecule has 0 fully saturated rings. The van der Waals surface area contributed by atoms with Crippen molar-refractivity contribution < 1.29 is 9.59 Å². The van der Waals surface area contributed by atoms with Crippen molar-refractivity contribution in [3.05, 3.63) is 95.5 Å². The number of primary amides is 1. The molecular weight excluding hydrogens is 422 g/mol. The lowest BCUT2D eigenvalue weighted by Gasteiger charge is -2.05. The third kappa shape index (κ3) is 5.50. The number of anilines is 2. The molecule has 0 radical (unpaired) electrons. The number of nitrogens with zero attached hydrogens (tertiary/aromatic N) is 2. The van der Waals surface area contributed by atoms with E-state index in [0.29, 0.717) is 17.9 Å². The number of rotatable bonds is 7. The molecule has 2 aromatic heterocycles. The van der Waals surface area contributed by atoms with Gasteiger partial charge < -0.3 is 16.4 Å². The summed E-state index contributed by atoms with van der Waals surface area (Å²) >= 11 is 1.60. The standard InChI is InChI=1S/C24H21N5O2S/c25-24(31)27-20-9-4-8-19(14-20)26-22(30)12-11-18-16-29(15-17-6-2-1-3-7-17)28-23(18)21-10-5-13-32-21/h1-14,16H,15H2,(H,26,30)(H3,25,27,31)/b12-11+. The lowest BCUT2D eigenvalue weighted by Crippen LogP contribution is -2.19. The Balaban J connectivity index is 1.52. The second-order valence-corrected chi connectivity index (χ2v) is 7.93. The van der Waals surface area contributed by atoms with Crippen LogP contribution >= 0.6 is 11.3 Å². The molecule has 0 aliphatic rings. The Hall–Kier alpha value is -4.17. The largest absolute Gasteiger partial charge is 0.351 e. The number of urea groups is 1. The van der Waals surface area contributed by atoms with Crippen LogP contribution in [0.15, 0.2) is 84.4 Å². The first-order valence-corrected chi connectivity index (χ1v) is 10.8. The normalized spacial score (nSPS) is 10.9. The van der Waals surface area contributed by atoms with Gasteiger partial charge in [0.15, 0.2) is 0 Å². The average Bonchev–Trinajstić information content (AvgIpc) is 3.42. The topological polar surface area (TPSA) is 102 Å². The van der Waals surface area contributed by atoms with Crippen molar-refractivity contribution in [2.24, 2.45) is 5.73 Å². The molecule has 0 aliphatic carbocycles. The maximum Gasteiger partial charge on any atom is 0.316 e. The van der Waals surface area contributed by atoms with E-state index in [-0.39, 0.29) is 5.91 Å². The highest BCUT2D eigenvalue weighted by atomic mass is 32.1. The fraction of sp³-hybridized carbons (Fsp3) is 0.0417. The fourth-order valence-corrected chi connectivity index (χ4v) is 3.91. The number of hydrogen-bond donors (Lipinski definition) is 3. The predicted octanol–water partition coefficient (Wildman–Crippen LogP) is 4.80. The number of hydrogen-bond acceptors (Lipinski definition) is 4. The zero-order chi connectivity index (χ0) is 22.3. The van der Waals surface area contributed by atoms with E-state index in [9.17, 15) is 9.59 Å². The van der Waals surface area contributed by atoms with Crippen LogP contribution < -0.4 is 16.4 Å². The third-order valence-corrected chi connectivity index (χ3v) is 5.42. The third-order valence-electron chi connectivity index (χ3n) is 4.54. The van der Waals surface area contributed by atoms with Gasteiger partial charge in [-0.15, -0.1) is 11.3 Å². The first-order chi connectivity index (χ1) is 15.6. The van der Waals surface area contributed by atoms with Gasteiger partial charge in [-0.3, -0.25) is 9.48 Å². The van der Waals surface area contributed by atoms with Crippen LogP contribution in [0.1, 0.15) is 11.1 Å². The van der Waals surface area contributed by atoms with Gasteiger partial charge in [-0.2, -0.15) is 5.10 Å². The van der Waals surface area contributed by atoms with Crippen LogP contribution in [0.5, 0.6) is 0 Å². The van der Waals surface area contributed by atoms with Crippen LogP contribution in [0.3, 0.4) is 0 Å². The summed E-state index contributed by atoms with van der Waals surface area (Å²) in [7, 11) is 0. The minimum absolute atomic E-state index is 0.297. The predicted molar refractivity (Wildman–Crippen MR) is 128 cm³/mol. The van der Waals surface area contributed by atoms with Crippen molar-refractivity contribution in [2.75, 3.05) is 10.6 Å². The summed E-state index contributed by atoms with van der Waals surface area (Å²) in [5, 5.41) is 12.0. The minimum atomic E-state index is -0.665. The molecule has 0 unspecified atom stereocenters. The van der Waals surface area contributed by atoms with Crippen molar-refractivity contribution in [1.82, 2.24) is 9.78 Å². The molecule has 7 nitrogen and oxygen atoms in total. The molecule has 160 valence electrons. The molecule has 3 amide bonds. The molecule has 0 aliphatic heterocycles. The number of nitrogens with one attached hydrogen (secondary N) is 2. The SMILES string of the molecule is NC(=O)Nc1cccc(NC(=O)/C=C/c2cn(Cc3ccccc3)nc2-c2cccs2)c1. The van der Waals surface area contributed by atoms with E-state index >= 15 is 0 Å². The van der Waals surface area contributed by atoms with Gasteiger partial charge >= 0.3 is 6.03 Å². The number of benzene rings is 2. The van der Waals surface area contributed by atoms with Crippen molar-refractivity contribution in [3.63, 3.8) is 0 Å². The highest BCUT2D eigenvalue weighted by Crippen LogP contribution is 2.28. The molecule has 0 saturated carbocycles. The Morgan fingerprint density at radius 1 is 1.00 bits per heavy atom. The molecule has 8 heteroatoms. The molecule has 4 rings (SSSR count). The fourth-order valence-electron chi connectivity index (χ4n) is 3.18. The highest BCUT2D eigenvalue weighted by Gasteiger charge is 2.11. The van der Waals surface area contributed by atoms with Crippen molar-refractivity contribution in [2.45, 2.75) is 6.54 Å². The summed E-state index contributed by atoms with van der Waals surface area (Å²) in [6, 6.07) is 20.2. The molecule has 0 spiro atoms. The molecule has 2 aromatic carbocycles. The van der Waals surface area contributed by atoms with Crippen LogP contribution in [0.4, 0.5) is 16.2 Å². The summed E-state index contributed by atoms with van der Waals surface area (Å²) in [4.78, 5) is 24.5. The van der Waals surface area contributed by atoms with Crippen molar-refractivity contribution in [1.29, 1.82) is 0 Å². The maximum atomic E-state index is 12.5. The quantitative estimate of drug-likeness (QED) is 0.358. The summed E-state index contributed by atoms with van der Waals surface area (Å²) in [5.41, 5.74) is 9.00. The van der Waals surface area contributed by atoms with Gasteiger partial charge in [0.2, 0.25) is 5.91 Å². The van der Waals surface area contributed by atoms with Crippen molar-refractivity contribution in [3.8, 4) is 10.6 Å². The highest BCUT2D eigenvalue weighted by molar-refractivity contribution is 7.13. The number of carbonyl (C=O) groups excluding carboxylic acids is 2. The molecular formula is C24H21N5O2S. The molecule has 32 heavy (non-hydrogen) atoms. The lowest BCUT2D eigenvalue weighted by atomic mass is 10.2. The van der Waals surface area contributed by atoms with E-state index in [2.05, 4.69) is 22.8 Å². The van der Waals surface area contributed by atoms with Crippen LogP contribution in [0.25, 0.3) is 16.6 Å². The molecule has 0 saturated heterocycles. The summed E-state index contributed by atoms with van der Waals surface area (Å²) < 4.78 is 1.88. The van der Waals surface area contributed by atoms with Gasteiger partial charge in [-0.25, -0.2) is 4.79 Å². The smallest absolute Gasteiger partial charge is 0.316 e. The van der Waals surface area contributed by atoms with E-state index in [1.807, 2.05) is 46.6 Å². The van der Waals surface area contributed by atoms with E-state index in [1.165, 1.54) is 6.08 Å². The van der Waals surface area contributed by atoms with Gasteiger partial charge in [0.1, 0.15) is 5.69 Å². The molecule has 0 atom stereocenters.